The van der Waals surface area contributed by atoms with Crippen LogP contribution in [0, 0.1) is 11.8 Å². The number of nitrogens with zero attached hydrogens (tertiary/aromatic N) is 1. The predicted octanol–water partition coefficient (Wildman–Crippen LogP) is 4.66. The van der Waals surface area contributed by atoms with Gasteiger partial charge >= 0.3 is 0 Å². The van der Waals surface area contributed by atoms with E-state index in [2.05, 4.69) is 31.2 Å². The second-order valence-electron chi connectivity index (χ2n) is 8.80. The van der Waals surface area contributed by atoms with Gasteiger partial charge in [0.2, 0.25) is 11.8 Å². The lowest BCUT2D eigenvalue weighted by Gasteiger charge is -2.52. The summed E-state index contributed by atoms with van der Waals surface area (Å²) in [5.41, 5.74) is 4.80. The second-order valence-corrected chi connectivity index (χ2v) is 8.80. The van der Waals surface area contributed by atoms with Crippen LogP contribution in [-0.2, 0) is 15.0 Å². The van der Waals surface area contributed by atoms with E-state index in [1.54, 1.807) is 0 Å². The van der Waals surface area contributed by atoms with Gasteiger partial charge in [-0.1, -0.05) is 55.5 Å². The summed E-state index contributed by atoms with van der Waals surface area (Å²) in [6.45, 7) is 4.64. The summed E-state index contributed by atoms with van der Waals surface area (Å²) in [5.74, 6) is -0.344. The number of amides is 2. The Hall–Kier alpha value is -3.40. The summed E-state index contributed by atoms with van der Waals surface area (Å²) in [4.78, 5) is 29.0. The average Bonchev–Trinajstić information content (AvgIpc) is 3.07. The summed E-state index contributed by atoms with van der Waals surface area (Å²) in [6.07, 6.45) is 0. The van der Waals surface area contributed by atoms with Crippen LogP contribution in [-0.4, -0.2) is 18.4 Å². The van der Waals surface area contributed by atoms with E-state index >= 15 is 0 Å². The largest absolute Gasteiger partial charge is 0.494 e. The first kappa shape index (κ1) is 18.4. The fourth-order valence-electron chi connectivity index (χ4n) is 6.26. The Kier molecular flexibility index (Phi) is 3.73. The fourth-order valence-corrected chi connectivity index (χ4v) is 6.26. The number of imide groups is 1. The van der Waals surface area contributed by atoms with E-state index in [0.29, 0.717) is 12.3 Å². The molecule has 4 aliphatic rings. The number of hydrogen-bond donors (Lipinski definition) is 0. The Balaban J connectivity index is 1.53. The zero-order valence-electron chi connectivity index (χ0n) is 17.5. The number of anilines is 1. The van der Waals surface area contributed by atoms with Crippen molar-refractivity contribution in [1.82, 2.24) is 0 Å². The topological polar surface area (TPSA) is 46.6 Å². The molecule has 0 radical (unpaired) electrons. The number of carbonyl (C=O) groups is 2. The van der Waals surface area contributed by atoms with Crippen LogP contribution < -0.4 is 9.64 Å². The van der Waals surface area contributed by atoms with Gasteiger partial charge in [0.25, 0.3) is 0 Å². The maximum absolute atomic E-state index is 13.8. The maximum Gasteiger partial charge on any atom is 0.238 e. The molecular weight excluding hydrogens is 386 g/mol. The van der Waals surface area contributed by atoms with E-state index in [9.17, 15) is 9.59 Å². The third-order valence-electron chi connectivity index (χ3n) is 7.45. The van der Waals surface area contributed by atoms with E-state index in [0.717, 1.165) is 5.75 Å². The van der Waals surface area contributed by atoms with E-state index in [4.69, 9.17) is 4.74 Å². The Morgan fingerprint density at radius 1 is 0.839 bits per heavy atom. The SMILES string of the molecule is CCOc1ccc(N2C(=O)[C@@H]3C4c5ccccc5C(C)(c5ccccc54)[C@@H]3C2=O)cc1. The van der Waals surface area contributed by atoms with E-state index in [1.165, 1.54) is 27.2 Å². The summed E-state index contributed by atoms with van der Waals surface area (Å²) in [6, 6.07) is 23.9. The van der Waals surface area contributed by atoms with Crippen LogP contribution in [0.5, 0.6) is 5.75 Å². The average molecular weight is 409 g/mol. The molecule has 3 aromatic rings. The van der Waals surface area contributed by atoms with Crippen molar-refractivity contribution in [2.75, 3.05) is 11.5 Å². The smallest absolute Gasteiger partial charge is 0.238 e. The monoisotopic (exact) mass is 409 g/mol. The van der Waals surface area contributed by atoms with Crippen LogP contribution in [0.3, 0.4) is 0 Å². The predicted molar refractivity (Wildman–Crippen MR) is 118 cm³/mol. The molecule has 4 heteroatoms. The number of hydrogen-bond acceptors (Lipinski definition) is 3. The van der Waals surface area contributed by atoms with Crippen LogP contribution in [0.4, 0.5) is 5.69 Å². The van der Waals surface area contributed by atoms with E-state index in [-0.39, 0.29) is 23.7 Å². The van der Waals surface area contributed by atoms with Crippen molar-refractivity contribution in [1.29, 1.82) is 0 Å². The van der Waals surface area contributed by atoms with Crippen LogP contribution in [0.1, 0.15) is 42.0 Å². The van der Waals surface area contributed by atoms with Gasteiger partial charge in [-0.3, -0.25) is 9.59 Å². The normalized spacial score (nSPS) is 27.7. The first-order valence-electron chi connectivity index (χ1n) is 10.9. The minimum Gasteiger partial charge on any atom is -0.494 e. The lowest BCUT2D eigenvalue weighted by atomic mass is 9.48. The van der Waals surface area contributed by atoms with Crippen molar-refractivity contribution in [2.24, 2.45) is 11.8 Å². The van der Waals surface area contributed by atoms with Crippen molar-refractivity contribution < 1.29 is 14.3 Å². The number of rotatable bonds is 3. The molecule has 154 valence electrons. The molecule has 31 heavy (non-hydrogen) atoms. The molecule has 4 nitrogen and oxygen atoms in total. The molecule has 3 aliphatic carbocycles. The van der Waals surface area contributed by atoms with Crippen molar-refractivity contribution in [3.63, 3.8) is 0 Å². The third-order valence-corrected chi connectivity index (χ3v) is 7.45. The zero-order chi connectivity index (χ0) is 21.3. The number of ether oxygens (including phenoxy) is 1. The van der Waals surface area contributed by atoms with Crippen LogP contribution >= 0.6 is 0 Å². The molecule has 1 saturated heterocycles. The number of benzene rings is 3. The Bertz CT molecular complexity index is 1180. The summed E-state index contributed by atoms with van der Waals surface area (Å²) in [7, 11) is 0. The highest BCUT2D eigenvalue weighted by atomic mass is 16.5. The Morgan fingerprint density at radius 2 is 1.42 bits per heavy atom. The molecule has 0 N–H and O–H groups in total. The third kappa shape index (κ3) is 2.20. The quantitative estimate of drug-likeness (QED) is 0.592. The Labute approximate surface area is 181 Å². The molecule has 1 fully saturated rings. The summed E-state index contributed by atoms with van der Waals surface area (Å²) in [5, 5.41) is 0. The van der Waals surface area contributed by atoms with E-state index < -0.39 is 11.3 Å². The van der Waals surface area contributed by atoms with Gasteiger partial charge in [0.15, 0.2) is 0 Å². The second kappa shape index (κ2) is 6.30. The lowest BCUT2D eigenvalue weighted by Crippen LogP contribution is -2.51. The molecule has 0 unspecified atom stereocenters. The molecule has 1 aliphatic heterocycles. The number of carbonyl (C=O) groups excluding carboxylic acids is 2. The fraction of sp³-hybridized carbons (Fsp3) is 0.259. The first-order valence-corrected chi connectivity index (χ1v) is 10.9. The minimum absolute atomic E-state index is 0.0941. The summed E-state index contributed by atoms with van der Waals surface area (Å²) < 4.78 is 5.53. The molecule has 0 saturated carbocycles. The van der Waals surface area contributed by atoms with Crippen LogP contribution in [0.15, 0.2) is 72.8 Å². The molecular formula is C27H23NO3. The highest BCUT2D eigenvalue weighted by Gasteiger charge is 2.66. The lowest BCUT2D eigenvalue weighted by molar-refractivity contribution is -0.123. The molecule has 2 amide bonds. The summed E-state index contributed by atoms with van der Waals surface area (Å²) >= 11 is 0. The van der Waals surface area contributed by atoms with Gasteiger partial charge in [-0.05, 0) is 53.4 Å². The standard InChI is InChI=1S/C27H23NO3/c1-3-31-17-14-12-16(13-15-17)28-25(29)23-22-18-8-4-6-10-20(18)27(2,24(23)26(28)30)21-11-7-5-9-19(21)22/h4-15,22-24H,3H2,1-2H3/t22?,23-,24+,27?/m1/s1. The van der Waals surface area contributed by atoms with Gasteiger partial charge in [0.1, 0.15) is 5.75 Å². The molecule has 0 aromatic heterocycles. The highest BCUT2D eigenvalue weighted by molar-refractivity contribution is 6.23. The van der Waals surface area contributed by atoms with Crippen LogP contribution in [0.2, 0.25) is 0 Å². The van der Waals surface area contributed by atoms with Crippen molar-refractivity contribution in [3.8, 4) is 5.75 Å². The van der Waals surface area contributed by atoms with Crippen LogP contribution in [0.25, 0.3) is 0 Å². The molecule has 2 atom stereocenters. The molecule has 1 heterocycles. The van der Waals surface area contributed by atoms with Gasteiger partial charge < -0.3 is 4.74 Å². The molecule has 2 bridgehead atoms. The molecule has 0 spiro atoms. The minimum atomic E-state index is -0.528. The van der Waals surface area contributed by atoms with Gasteiger partial charge in [-0.25, -0.2) is 4.90 Å². The zero-order valence-corrected chi connectivity index (χ0v) is 17.5. The van der Waals surface area contributed by atoms with Crippen molar-refractivity contribution in [2.45, 2.75) is 25.2 Å². The van der Waals surface area contributed by atoms with Gasteiger partial charge in [-0.15, -0.1) is 0 Å². The van der Waals surface area contributed by atoms with Gasteiger partial charge in [0.05, 0.1) is 24.1 Å². The van der Waals surface area contributed by atoms with Gasteiger partial charge in [0, 0.05) is 11.3 Å². The Morgan fingerprint density at radius 3 is 2.00 bits per heavy atom. The van der Waals surface area contributed by atoms with Crippen molar-refractivity contribution in [3.05, 3.63) is 95.1 Å². The first-order chi connectivity index (χ1) is 15.1. The maximum atomic E-state index is 13.8. The van der Waals surface area contributed by atoms with Crippen molar-refractivity contribution >= 4 is 17.5 Å². The van der Waals surface area contributed by atoms with E-state index in [1.807, 2.05) is 55.5 Å². The van der Waals surface area contributed by atoms with Gasteiger partial charge in [-0.2, -0.15) is 0 Å². The molecule has 3 aromatic carbocycles. The molecule has 7 rings (SSSR count). The highest BCUT2D eigenvalue weighted by Crippen LogP contribution is 2.64.